The van der Waals surface area contributed by atoms with E-state index in [9.17, 15) is 9.59 Å². The first kappa shape index (κ1) is 14.1. The van der Waals surface area contributed by atoms with Crippen molar-refractivity contribution in [3.63, 3.8) is 0 Å². The molecule has 0 aliphatic heterocycles. The molecule has 20 heavy (non-hydrogen) atoms. The van der Waals surface area contributed by atoms with Gasteiger partial charge in [-0.15, -0.1) is 0 Å². The van der Waals surface area contributed by atoms with Gasteiger partial charge in [-0.05, 0) is 46.3 Å². The SMILES string of the molecule is Nc1ccccc1C(=O)Nc1ccc(Br)c(C(=O)O)c1. The number of carbonyl (C=O) groups excluding carboxylic acids is 1. The van der Waals surface area contributed by atoms with Gasteiger partial charge in [-0.2, -0.15) is 0 Å². The number of benzene rings is 2. The molecular weight excluding hydrogens is 324 g/mol. The van der Waals surface area contributed by atoms with Gasteiger partial charge in [0.15, 0.2) is 0 Å². The number of carbonyl (C=O) groups is 2. The van der Waals surface area contributed by atoms with Crippen LogP contribution in [0.25, 0.3) is 0 Å². The number of hydrogen-bond acceptors (Lipinski definition) is 3. The van der Waals surface area contributed by atoms with Crippen LogP contribution in [-0.2, 0) is 0 Å². The minimum Gasteiger partial charge on any atom is -0.478 e. The number of nitrogen functional groups attached to an aromatic ring is 1. The molecule has 0 saturated heterocycles. The highest BCUT2D eigenvalue weighted by atomic mass is 79.9. The van der Waals surface area contributed by atoms with E-state index in [0.717, 1.165) is 0 Å². The molecule has 6 heteroatoms. The third kappa shape index (κ3) is 2.97. The zero-order chi connectivity index (χ0) is 14.7. The number of amides is 1. The number of carboxylic acids is 1. The quantitative estimate of drug-likeness (QED) is 0.752. The van der Waals surface area contributed by atoms with Crippen LogP contribution >= 0.6 is 15.9 Å². The van der Waals surface area contributed by atoms with Crippen molar-refractivity contribution in [3.05, 3.63) is 58.1 Å². The van der Waals surface area contributed by atoms with Gasteiger partial charge in [0.05, 0.1) is 11.1 Å². The van der Waals surface area contributed by atoms with Crippen molar-refractivity contribution in [1.82, 2.24) is 0 Å². The average Bonchev–Trinajstić information content (AvgIpc) is 2.41. The van der Waals surface area contributed by atoms with Gasteiger partial charge < -0.3 is 16.2 Å². The predicted octanol–water partition coefficient (Wildman–Crippen LogP) is 2.98. The Balaban J connectivity index is 2.27. The lowest BCUT2D eigenvalue weighted by molar-refractivity contribution is 0.0695. The highest BCUT2D eigenvalue weighted by Crippen LogP contribution is 2.22. The van der Waals surface area contributed by atoms with Crippen LogP contribution < -0.4 is 11.1 Å². The number of aromatic carboxylic acids is 1. The molecule has 0 atom stereocenters. The van der Waals surface area contributed by atoms with E-state index < -0.39 is 5.97 Å². The first-order chi connectivity index (χ1) is 9.49. The maximum atomic E-state index is 12.1. The summed E-state index contributed by atoms with van der Waals surface area (Å²) in [6.07, 6.45) is 0. The summed E-state index contributed by atoms with van der Waals surface area (Å²) in [4.78, 5) is 23.1. The molecule has 0 aromatic heterocycles. The molecule has 0 spiro atoms. The standard InChI is InChI=1S/C14H11BrN2O3/c15-11-6-5-8(7-10(11)14(19)20)17-13(18)9-3-1-2-4-12(9)16/h1-7H,16H2,(H,17,18)(H,19,20). The lowest BCUT2D eigenvalue weighted by atomic mass is 10.1. The van der Waals surface area contributed by atoms with Crippen molar-refractivity contribution in [2.75, 3.05) is 11.1 Å². The number of para-hydroxylation sites is 1. The maximum Gasteiger partial charge on any atom is 0.336 e. The van der Waals surface area contributed by atoms with Crippen LogP contribution in [0, 0.1) is 0 Å². The van der Waals surface area contributed by atoms with Crippen LogP contribution in [0.4, 0.5) is 11.4 Å². The average molecular weight is 335 g/mol. The molecule has 0 fully saturated rings. The number of anilines is 2. The van der Waals surface area contributed by atoms with Gasteiger partial charge in [-0.1, -0.05) is 12.1 Å². The second kappa shape index (κ2) is 5.75. The summed E-state index contributed by atoms with van der Waals surface area (Å²) < 4.78 is 0.447. The molecular formula is C14H11BrN2O3. The third-order valence-corrected chi connectivity index (χ3v) is 3.35. The monoisotopic (exact) mass is 334 g/mol. The van der Waals surface area contributed by atoms with Gasteiger partial charge in [0.2, 0.25) is 0 Å². The van der Waals surface area contributed by atoms with Crippen molar-refractivity contribution in [2.45, 2.75) is 0 Å². The van der Waals surface area contributed by atoms with Gasteiger partial charge in [0.1, 0.15) is 0 Å². The Morgan fingerprint density at radius 3 is 2.45 bits per heavy atom. The van der Waals surface area contributed by atoms with E-state index in [2.05, 4.69) is 21.2 Å². The van der Waals surface area contributed by atoms with E-state index in [-0.39, 0.29) is 11.5 Å². The van der Waals surface area contributed by atoms with Crippen molar-refractivity contribution in [2.24, 2.45) is 0 Å². The van der Waals surface area contributed by atoms with Crippen LogP contribution in [0.1, 0.15) is 20.7 Å². The van der Waals surface area contributed by atoms with Gasteiger partial charge in [0.25, 0.3) is 5.91 Å². The zero-order valence-electron chi connectivity index (χ0n) is 10.3. The lowest BCUT2D eigenvalue weighted by Gasteiger charge is -2.08. The predicted molar refractivity (Wildman–Crippen MR) is 79.9 cm³/mol. The van der Waals surface area contributed by atoms with E-state index in [1.165, 1.54) is 6.07 Å². The highest BCUT2D eigenvalue weighted by molar-refractivity contribution is 9.10. The zero-order valence-corrected chi connectivity index (χ0v) is 11.8. The molecule has 0 unspecified atom stereocenters. The van der Waals surface area contributed by atoms with Crippen LogP contribution in [-0.4, -0.2) is 17.0 Å². The van der Waals surface area contributed by atoms with Gasteiger partial charge in [0, 0.05) is 15.8 Å². The number of carboxylic acid groups (broad SMARTS) is 1. The van der Waals surface area contributed by atoms with Crippen LogP contribution in [0.2, 0.25) is 0 Å². The van der Waals surface area contributed by atoms with Crippen LogP contribution in [0.5, 0.6) is 0 Å². The molecule has 0 radical (unpaired) electrons. The van der Waals surface area contributed by atoms with Crippen LogP contribution in [0.3, 0.4) is 0 Å². The Morgan fingerprint density at radius 2 is 1.80 bits per heavy atom. The fourth-order valence-corrected chi connectivity index (χ4v) is 2.09. The normalized spacial score (nSPS) is 10.1. The van der Waals surface area contributed by atoms with Gasteiger partial charge >= 0.3 is 5.97 Å². The Bertz CT molecular complexity index is 686. The molecule has 2 rings (SSSR count). The molecule has 2 aromatic carbocycles. The van der Waals surface area contributed by atoms with Crippen molar-refractivity contribution in [3.8, 4) is 0 Å². The van der Waals surface area contributed by atoms with E-state index in [1.807, 2.05) is 0 Å². The van der Waals surface area contributed by atoms with E-state index in [4.69, 9.17) is 10.8 Å². The molecule has 102 valence electrons. The second-order valence-corrected chi connectivity index (χ2v) is 4.90. The first-order valence-corrected chi connectivity index (χ1v) is 6.47. The minimum atomic E-state index is -1.08. The molecule has 0 bridgehead atoms. The van der Waals surface area contributed by atoms with Gasteiger partial charge in [-0.3, -0.25) is 4.79 Å². The Kier molecular flexibility index (Phi) is 4.05. The van der Waals surface area contributed by atoms with Crippen molar-refractivity contribution in [1.29, 1.82) is 0 Å². The summed E-state index contributed by atoms with van der Waals surface area (Å²) in [5.41, 5.74) is 6.88. The van der Waals surface area contributed by atoms with Crippen molar-refractivity contribution < 1.29 is 14.7 Å². The van der Waals surface area contributed by atoms with Gasteiger partial charge in [-0.25, -0.2) is 4.79 Å². The smallest absolute Gasteiger partial charge is 0.336 e. The summed E-state index contributed by atoms with van der Waals surface area (Å²) >= 11 is 3.14. The lowest BCUT2D eigenvalue weighted by Crippen LogP contribution is -2.14. The van der Waals surface area contributed by atoms with E-state index in [0.29, 0.717) is 21.4 Å². The number of hydrogen-bond donors (Lipinski definition) is 3. The molecule has 5 nitrogen and oxygen atoms in total. The molecule has 0 aliphatic rings. The van der Waals surface area contributed by atoms with Crippen LogP contribution in [0.15, 0.2) is 46.9 Å². The third-order valence-electron chi connectivity index (χ3n) is 2.66. The fourth-order valence-electron chi connectivity index (χ4n) is 1.67. The Morgan fingerprint density at radius 1 is 1.10 bits per heavy atom. The summed E-state index contributed by atoms with van der Waals surface area (Å²) in [5.74, 6) is -1.46. The fraction of sp³-hybridized carbons (Fsp3) is 0. The van der Waals surface area contributed by atoms with Crippen molar-refractivity contribution >= 4 is 39.2 Å². The second-order valence-electron chi connectivity index (χ2n) is 4.04. The first-order valence-electron chi connectivity index (χ1n) is 5.67. The van der Waals surface area contributed by atoms with E-state index in [1.54, 1.807) is 36.4 Å². The number of halogens is 1. The molecule has 0 aliphatic carbocycles. The van der Waals surface area contributed by atoms with E-state index >= 15 is 0 Å². The topological polar surface area (TPSA) is 92.4 Å². The molecule has 1 amide bonds. The largest absolute Gasteiger partial charge is 0.478 e. The Labute approximate surface area is 123 Å². The number of nitrogens with two attached hydrogens (primary N) is 1. The molecule has 0 heterocycles. The summed E-state index contributed by atoms with van der Waals surface area (Å²) in [6.45, 7) is 0. The molecule has 0 saturated carbocycles. The highest BCUT2D eigenvalue weighted by Gasteiger charge is 2.12. The maximum absolute atomic E-state index is 12.1. The summed E-state index contributed by atoms with van der Waals surface area (Å²) in [7, 11) is 0. The number of nitrogens with one attached hydrogen (secondary N) is 1. The Hall–Kier alpha value is -2.34. The molecule has 2 aromatic rings. The summed E-state index contributed by atoms with van der Waals surface area (Å²) in [6, 6.07) is 11.2. The summed E-state index contributed by atoms with van der Waals surface area (Å²) in [5, 5.41) is 11.6. The number of rotatable bonds is 3. The molecule has 4 N–H and O–H groups in total. The minimum absolute atomic E-state index is 0.0730.